The molecule has 200 valence electrons. The average Bonchev–Trinajstić information content (AvgIpc) is 3.36. The second-order valence-electron chi connectivity index (χ2n) is 10.7. The maximum Gasteiger partial charge on any atom is 0.123 e. The number of likely N-dealkylation sites (tertiary alicyclic amines) is 1. The van der Waals surface area contributed by atoms with E-state index in [9.17, 15) is 4.39 Å². The standard InChI is InChI=1S/C34H36FN3O/c35-30-14-10-28(11-15-30)24-37-26-38(34-9-5-4-8-33(34)37)31-19-22-36(23-20-31)21-18-27-12-16-32(17-13-27)39-25-29-6-2-1-3-7-29/h1-17,31H,18-26H2. The van der Waals surface area contributed by atoms with Gasteiger partial charge in [-0.05, 0) is 72.4 Å². The molecule has 6 rings (SSSR count). The van der Waals surface area contributed by atoms with Gasteiger partial charge in [-0.1, -0.05) is 66.7 Å². The number of hydrogen-bond acceptors (Lipinski definition) is 4. The Labute approximate surface area is 231 Å². The van der Waals surface area contributed by atoms with E-state index in [0.717, 1.165) is 50.6 Å². The van der Waals surface area contributed by atoms with Crippen LogP contribution in [-0.4, -0.2) is 37.2 Å². The van der Waals surface area contributed by atoms with Crippen molar-refractivity contribution >= 4 is 11.4 Å². The molecule has 4 nitrogen and oxygen atoms in total. The molecule has 0 atom stereocenters. The van der Waals surface area contributed by atoms with Crippen LogP contribution in [0.1, 0.15) is 29.5 Å². The fourth-order valence-electron chi connectivity index (χ4n) is 5.80. The molecule has 4 aromatic carbocycles. The van der Waals surface area contributed by atoms with E-state index >= 15 is 0 Å². The zero-order valence-electron chi connectivity index (χ0n) is 22.4. The van der Waals surface area contributed by atoms with E-state index in [1.54, 1.807) is 12.1 Å². The number of fused-ring (bicyclic) bond motifs is 1. The molecule has 5 heteroatoms. The first kappa shape index (κ1) is 25.4. The van der Waals surface area contributed by atoms with Crippen LogP contribution in [-0.2, 0) is 19.6 Å². The quantitative estimate of drug-likeness (QED) is 0.239. The first-order valence-electron chi connectivity index (χ1n) is 14.0. The molecule has 0 N–H and O–H groups in total. The molecule has 0 amide bonds. The molecule has 0 aromatic heterocycles. The van der Waals surface area contributed by atoms with E-state index < -0.39 is 0 Å². The zero-order chi connectivity index (χ0) is 26.4. The van der Waals surface area contributed by atoms with Crippen LogP contribution in [0.2, 0.25) is 0 Å². The molecule has 39 heavy (non-hydrogen) atoms. The zero-order valence-corrected chi connectivity index (χ0v) is 22.4. The largest absolute Gasteiger partial charge is 0.489 e. The van der Waals surface area contributed by atoms with Gasteiger partial charge in [-0.3, -0.25) is 0 Å². The predicted octanol–water partition coefficient (Wildman–Crippen LogP) is 6.90. The summed E-state index contributed by atoms with van der Waals surface area (Å²) in [4.78, 5) is 7.61. The minimum absolute atomic E-state index is 0.182. The van der Waals surface area contributed by atoms with Gasteiger partial charge >= 0.3 is 0 Å². The number of piperidine rings is 1. The van der Waals surface area contributed by atoms with E-state index in [1.165, 1.54) is 35.3 Å². The molecular weight excluding hydrogens is 485 g/mol. The summed E-state index contributed by atoms with van der Waals surface area (Å²) in [5, 5.41) is 0. The molecule has 2 aliphatic heterocycles. The summed E-state index contributed by atoms with van der Waals surface area (Å²) in [7, 11) is 0. The third kappa shape index (κ3) is 6.26. The van der Waals surface area contributed by atoms with Gasteiger partial charge in [0.1, 0.15) is 18.2 Å². The van der Waals surface area contributed by atoms with Crippen LogP contribution in [0.3, 0.4) is 0 Å². The van der Waals surface area contributed by atoms with Gasteiger partial charge in [0.05, 0.1) is 18.0 Å². The lowest BCUT2D eigenvalue weighted by Crippen LogP contribution is -2.46. The van der Waals surface area contributed by atoms with Crippen LogP contribution in [0.4, 0.5) is 15.8 Å². The summed E-state index contributed by atoms with van der Waals surface area (Å²) < 4.78 is 19.3. The highest BCUT2D eigenvalue weighted by molar-refractivity contribution is 5.76. The van der Waals surface area contributed by atoms with Crippen LogP contribution in [0.25, 0.3) is 0 Å². The van der Waals surface area contributed by atoms with Crippen LogP contribution >= 0.6 is 0 Å². The lowest BCUT2D eigenvalue weighted by Gasteiger charge is -2.38. The molecule has 0 radical (unpaired) electrons. The molecule has 4 aromatic rings. The molecule has 0 aliphatic carbocycles. The number of ether oxygens (including phenoxy) is 1. The Hall–Kier alpha value is -3.83. The van der Waals surface area contributed by atoms with E-state index in [1.807, 2.05) is 30.3 Å². The Bertz CT molecular complexity index is 1340. The molecule has 0 saturated carbocycles. The number of benzene rings is 4. The first-order valence-corrected chi connectivity index (χ1v) is 14.0. The van der Waals surface area contributed by atoms with E-state index in [0.29, 0.717) is 12.6 Å². The summed E-state index contributed by atoms with van der Waals surface area (Å²) in [5.41, 5.74) is 6.28. The second kappa shape index (κ2) is 11.9. The van der Waals surface area contributed by atoms with Crippen molar-refractivity contribution in [3.8, 4) is 5.75 Å². The molecule has 0 bridgehead atoms. The topological polar surface area (TPSA) is 19.0 Å². The number of hydrogen-bond donors (Lipinski definition) is 0. The van der Waals surface area contributed by atoms with Crippen molar-refractivity contribution in [1.82, 2.24) is 4.90 Å². The van der Waals surface area contributed by atoms with Crippen molar-refractivity contribution in [2.45, 2.75) is 38.5 Å². The molecular formula is C34H36FN3O. The summed E-state index contributed by atoms with van der Waals surface area (Å²) in [6.45, 7) is 5.62. The van der Waals surface area contributed by atoms with Crippen molar-refractivity contribution in [3.63, 3.8) is 0 Å². The summed E-state index contributed by atoms with van der Waals surface area (Å²) in [5.74, 6) is 0.738. The fourth-order valence-corrected chi connectivity index (χ4v) is 5.80. The monoisotopic (exact) mass is 521 g/mol. The highest BCUT2D eigenvalue weighted by atomic mass is 19.1. The fraction of sp³-hybridized carbons (Fsp3) is 0.294. The Balaban J connectivity index is 0.987. The van der Waals surface area contributed by atoms with Gasteiger partial charge < -0.3 is 19.4 Å². The van der Waals surface area contributed by atoms with Crippen molar-refractivity contribution in [1.29, 1.82) is 0 Å². The minimum atomic E-state index is -0.182. The van der Waals surface area contributed by atoms with Crippen molar-refractivity contribution in [2.24, 2.45) is 0 Å². The highest BCUT2D eigenvalue weighted by Gasteiger charge is 2.32. The van der Waals surface area contributed by atoms with Crippen molar-refractivity contribution < 1.29 is 9.13 Å². The van der Waals surface area contributed by atoms with Gasteiger partial charge in [0.15, 0.2) is 0 Å². The Morgan fingerprint density at radius 1 is 0.692 bits per heavy atom. The number of rotatable bonds is 9. The molecule has 0 unspecified atom stereocenters. The third-order valence-electron chi connectivity index (χ3n) is 8.03. The first-order chi connectivity index (χ1) is 19.2. The molecule has 2 heterocycles. The number of anilines is 2. The highest BCUT2D eigenvalue weighted by Crippen LogP contribution is 2.39. The van der Waals surface area contributed by atoms with Crippen LogP contribution in [0.15, 0.2) is 103 Å². The molecule has 0 spiro atoms. The van der Waals surface area contributed by atoms with Gasteiger partial charge in [-0.2, -0.15) is 0 Å². The Kier molecular flexibility index (Phi) is 7.78. The normalized spacial score (nSPS) is 15.9. The molecule has 1 saturated heterocycles. The summed E-state index contributed by atoms with van der Waals surface area (Å²) in [6.07, 6.45) is 3.40. The lowest BCUT2D eigenvalue weighted by molar-refractivity contribution is 0.211. The van der Waals surface area contributed by atoms with Gasteiger partial charge in [-0.15, -0.1) is 0 Å². The van der Waals surface area contributed by atoms with Crippen molar-refractivity contribution in [2.75, 3.05) is 36.1 Å². The SMILES string of the molecule is Fc1ccc(CN2CN(C3CCN(CCc4ccc(OCc5ccccc5)cc4)CC3)c3ccccc32)cc1. The average molecular weight is 522 g/mol. The van der Waals surface area contributed by atoms with Crippen LogP contribution in [0.5, 0.6) is 5.75 Å². The Morgan fingerprint density at radius 2 is 1.36 bits per heavy atom. The maximum atomic E-state index is 13.4. The van der Waals surface area contributed by atoms with E-state index in [-0.39, 0.29) is 5.82 Å². The predicted molar refractivity (Wildman–Crippen MR) is 157 cm³/mol. The van der Waals surface area contributed by atoms with Crippen LogP contribution in [0, 0.1) is 5.82 Å². The van der Waals surface area contributed by atoms with Gasteiger partial charge in [0.2, 0.25) is 0 Å². The summed E-state index contributed by atoms with van der Waals surface area (Å²) in [6, 6.07) is 35.0. The van der Waals surface area contributed by atoms with Gasteiger partial charge in [0.25, 0.3) is 0 Å². The number of para-hydroxylation sites is 2. The minimum Gasteiger partial charge on any atom is -0.489 e. The third-order valence-corrected chi connectivity index (χ3v) is 8.03. The number of halogens is 1. The van der Waals surface area contributed by atoms with E-state index in [4.69, 9.17) is 4.74 Å². The smallest absolute Gasteiger partial charge is 0.123 e. The van der Waals surface area contributed by atoms with Gasteiger partial charge in [-0.25, -0.2) is 4.39 Å². The molecule has 2 aliphatic rings. The maximum absolute atomic E-state index is 13.4. The van der Waals surface area contributed by atoms with Crippen molar-refractivity contribution in [3.05, 3.63) is 126 Å². The Morgan fingerprint density at radius 3 is 2.10 bits per heavy atom. The summed E-state index contributed by atoms with van der Waals surface area (Å²) >= 11 is 0. The molecule has 1 fully saturated rings. The number of nitrogens with zero attached hydrogens (tertiary/aromatic N) is 3. The van der Waals surface area contributed by atoms with Gasteiger partial charge in [0, 0.05) is 32.2 Å². The van der Waals surface area contributed by atoms with Crippen LogP contribution < -0.4 is 14.5 Å². The lowest BCUT2D eigenvalue weighted by atomic mass is 10.0. The second-order valence-corrected chi connectivity index (χ2v) is 10.7. The van der Waals surface area contributed by atoms with E-state index in [2.05, 4.69) is 75.4 Å².